The van der Waals surface area contributed by atoms with Gasteiger partial charge in [0.1, 0.15) is 5.75 Å². The summed E-state index contributed by atoms with van der Waals surface area (Å²) in [5.74, 6) is 0.332. The van der Waals surface area contributed by atoms with Gasteiger partial charge in [0.25, 0.3) is 5.91 Å². The van der Waals surface area contributed by atoms with Gasteiger partial charge in [-0.1, -0.05) is 48.5 Å². The number of anilines is 1. The minimum atomic E-state index is -0.257. The second-order valence-corrected chi connectivity index (χ2v) is 5.36. The fourth-order valence-electron chi connectivity index (χ4n) is 2.67. The third kappa shape index (κ3) is 3.36. The van der Waals surface area contributed by atoms with E-state index in [-0.39, 0.29) is 5.91 Å². The van der Waals surface area contributed by atoms with E-state index in [0.717, 1.165) is 5.56 Å². The van der Waals surface area contributed by atoms with Crippen molar-refractivity contribution in [3.05, 3.63) is 83.9 Å². The van der Waals surface area contributed by atoms with Crippen molar-refractivity contribution in [1.29, 1.82) is 5.26 Å². The summed E-state index contributed by atoms with van der Waals surface area (Å²) in [5, 5.41) is 12.2. The number of carbonyl (C=O) groups is 1. The van der Waals surface area contributed by atoms with Crippen molar-refractivity contribution >= 4 is 11.6 Å². The number of nitrogens with one attached hydrogen (secondary N) is 1. The third-order valence-electron chi connectivity index (χ3n) is 3.86. The quantitative estimate of drug-likeness (QED) is 0.768. The molecule has 0 spiro atoms. The highest BCUT2D eigenvalue weighted by molar-refractivity contribution is 6.09. The Morgan fingerprint density at radius 2 is 1.56 bits per heavy atom. The average molecular weight is 328 g/mol. The molecule has 0 saturated heterocycles. The van der Waals surface area contributed by atoms with Gasteiger partial charge in [-0.3, -0.25) is 4.79 Å². The van der Waals surface area contributed by atoms with Crippen molar-refractivity contribution in [2.45, 2.75) is 0 Å². The van der Waals surface area contributed by atoms with Gasteiger partial charge in [0.15, 0.2) is 0 Å². The summed E-state index contributed by atoms with van der Waals surface area (Å²) in [6.07, 6.45) is 0. The third-order valence-corrected chi connectivity index (χ3v) is 3.86. The highest BCUT2D eigenvalue weighted by Crippen LogP contribution is 2.29. The minimum absolute atomic E-state index is 0.257. The van der Waals surface area contributed by atoms with Crippen molar-refractivity contribution in [2.24, 2.45) is 0 Å². The monoisotopic (exact) mass is 328 g/mol. The Balaban J connectivity index is 2.01. The molecule has 1 amide bonds. The first-order valence-electron chi connectivity index (χ1n) is 7.77. The van der Waals surface area contributed by atoms with Gasteiger partial charge in [0.05, 0.1) is 24.4 Å². The maximum Gasteiger partial charge on any atom is 0.256 e. The van der Waals surface area contributed by atoms with Crippen LogP contribution in [0.4, 0.5) is 5.69 Å². The van der Waals surface area contributed by atoms with E-state index in [1.165, 1.54) is 0 Å². The fraction of sp³-hybridized carbons (Fsp3) is 0.0476. The van der Waals surface area contributed by atoms with E-state index in [2.05, 4.69) is 11.4 Å². The van der Waals surface area contributed by atoms with E-state index in [4.69, 9.17) is 4.74 Å². The van der Waals surface area contributed by atoms with Crippen molar-refractivity contribution in [3.8, 4) is 22.9 Å². The molecule has 4 heteroatoms. The molecule has 0 aliphatic heterocycles. The first-order valence-corrected chi connectivity index (χ1v) is 7.77. The molecule has 3 aromatic rings. The minimum Gasteiger partial charge on any atom is -0.495 e. The molecule has 0 bridgehead atoms. The molecule has 0 heterocycles. The highest BCUT2D eigenvalue weighted by Gasteiger charge is 2.16. The van der Waals surface area contributed by atoms with Gasteiger partial charge in [0, 0.05) is 11.1 Å². The van der Waals surface area contributed by atoms with Crippen LogP contribution in [0.3, 0.4) is 0 Å². The summed E-state index contributed by atoms with van der Waals surface area (Å²) in [4.78, 5) is 12.8. The van der Waals surface area contributed by atoms with Crippen LogP contribution in [0, 0.1) is 11.3 Å². The van der Waals surface area contributed by atoms with Gasteiger partial charge in [-0.25, -0.2) is 0 Å². The zero-order valence-corrected chi connectivity index (χ0v) is 13.7. The fourth-order valence-corrected chi connectivity index (χ4v) is 2.67. The number of amides is 1. The van der Waals surface area contributed by atoms with Crippen LogP contribution >= 0.6 is 0 Å². The highest BCUT2D eigenvalue weighted by atomic mass is 16.5. The molecule has 0 saturated carbocycles. The zero-order valence-electron chi connectivity index (χ0n) is 13.7. The first kappa shape index (κ1) is 16.3. The topological polar surface area (TPSA) is 62.1 Å². The molecule has 0 aliphatic carbocycles. The van der Waals surface area contributed by atoms with Crippen molar-refractivity contribution < 1.29 is 9.53 Å². The molecule has 0 aromatic heterocycles. The Morgan fingerprint density at radius 3 is 2.32 bits per heavy atom. The van der Waals surface area contributed by atoms with E-state index in [0.29, 0.717) is 28.1 Å². The smallest absolute Gasteiger partial charge is 0.256 e. The molecule has 1 N–H and O–H groups in total. The predicted molar refractivity (Wildman–Crippen MR) is 97.5 cm³/mol. The lowest BCUT2D eigenvalue weighted by molar-refractivity contribution is 0.102. The molecule has 0 aliphatic rings. The van der Waals surface area contributed by atoms with E-state index in [1.807, 2.05) is 36.4 Å². The predicted octanol–water partition coefficient (Wildman–Crippen LogP) is 4.49. The molecule has 0 atom stereocenters. The average Bonchev–Trinajstić information content (AvgIpc) is 2.68. The lowest BCUT2D eigenvalue weighted by atomic mass is 9.95. The van der Waals surface area contributed by atoms with Crippen LogP contribution in [0.5, 0.6) is 5.75 Å². The van der Waals surface area contributed by atoms with Crippen LogP contribution < -0.4 is 10.1 Å². The zero-order chi connectivity index (χ0) is 17.6. The molecular formula is C21H16N2O2. The molecule has 3 aromatic carbocycles. The number of benzene rings is 3. The summed E-state index contributed by atoms with van der Waals surface area (Å²) >= 11 is 0. The number of hydrogen-bond donors (Lipinski definition) is 1. The largest absolute Gasteiger partial charge is 0.495 e. The Morgan fingerprint density at radius 1 is 0.920 bits per heavy atom. The summed E-state index contributed by atoms with van der Waals surface area (Å²) in [5.41, 5.74) is 3.07. The van der Waals surface area contributed by atoms with Gasteiger partial charge in [-0.2, -0.15) is 5.26 Å². The van der Waals surface area contributed by atoms with Crippen molar-refractivity contribution in [2.75, 3.05) is 12.4 Å². The van der Waals surface area contributed by atoms with E-state index in [9.17, 15) is 10.1 Å². The van der Waals surface area contributed by atoms with Crippen molar-refractivity contribution in [1.82, 2.24) is 0 Å². The summed E-state index contributed by atoms with van der Waals surface area (Å²) < 4.78 is 5.28. The number of nitriles is 1. The Bertz CT molecular complexity index is 958. The number of nitrogens with zero attached hydrogens (tertiary/aromatic N) is 1. The van der Waals surface area contributed by atoms with Crippen LogP contribution in [-0.4, -0.2) is 13.0 Å². The Hall–Kier alpha value is -3.58. The van der Waals surface area contributed by atoms with Crippen LogP contribution in [0.15, 0.2) is 72.8 Å². The van der Waals surface area contributed by atoms with Gasteiger partial charge in [-0.15, -0.1) is 0 Å². The molecule has 0 fully saturated rings. The first-order chi connectivity index (χ1) is 12.2. The van der Waals surface area contributed by atoms with E-state index >= 15 is 0 Å². The summed E-state index contributed by atoms with van der Waals surface area (Å²) in [7, 11) is 1.56. The number of carbonyl (C=O) groups excluding carboxylic acids is 1. The molecule has 3 rings (SSSR count). The number of ether oxygens (including phenoxy) is 1. The van der Waals surface area contributed by atoms with Gasteiger partial charge in [-0.05, 0) is 29.8 Å². The molecule has 25 heavy (non-hydrogen) atoms. The van der Waals surface area contributed by atoms with Crippen LogP contribution in [-0.2, 0) is 0 Å². The lowest BCUT2D eigenvalue weighted by Gasteiger charge is -2.13. The summed E-state index contributed by atoms with van der Waals surface area (Å²) in [6, 6.07) is 23.9. The van der Waals surface area contributed by atoms with E-state index < -0.39 is 0 Å². The standard InChI is InChI=1S/C21H16N2O2/c1-25-20-13-7-6-12-19(20)23-21(24)18-11-5-4-10-17(18)16-9-3-2-8-15(16)14-22/h2-13H,1H3,(H,23,24). The Kier molecular flexibility index (Phi) is 4.77. The molecular weight excluding hydrogens is 312 g/mol. The summed E-state index contributed by atoms with van der Waals surface area (Å²) in [6.45, 7) is 0. The van der Waals surface area contributed by atoms with Crippen LogP contribution in [0.25, 0.3) is 11.1 Å². The maximum absolute atomic E-state index is 12.8. The van der Waals surface area contributed by atoms with Crippen molar-refractivity contribution in [3.63, 3.8) is 0 Å². The molecule has 4 nitrogen and oxygen atoms in total. The molecule has 0 radical (unpaired) electrons. The van der Waals surface area contributed by atoms with Gasteiger partial charge >= 0.3 is 0 Å². The van der Waals surface area contributed by atoms with Crippen LogP contribution in [0.1, 0.15) is 15.9 Å². The number of hydrogen-bond acceptors (Lipinski definition) is 3. The SMILES string of the molecule is COc1ccccc1NC(=O)c1ccccc1-c1ccccc1C#N. The van der Waals surface area contributed by atoms with Gasteiger partial charge in [0.2, 0.25) is 0 Å². The second-order valence-electron chi connectivity index (χ2n) is 5.36. The maximum atomic E-state index is 12.8. The molecule has 122 valence electrons. The molecule has 0 unspecified atom stereocenters. The second kappa shape index (κ2) is 7.33. The number of para-hydroxylation sites is 2. The van der Waals surface area contributed by atoms with Crippen LogP contribution in [0.2, 0.25) is 0 Å². The normalized spacial score (nSPS) is 9.92. The number of rotatable bonds is 4. The Labute approximate surface area is 146 Å². The van der Waals surface area contributed by atoms with Gasteiger partial charge < -0.3 is 10.1 Å². The van der Waals surface area contributed by atoms with E-state index in [1.54, 1.807) is 43.5 Å². The number of methoxy groups -OCH3 is 1. The lowest BCUT2D eigenvalue weighted by Crippen LogP contribution is -2.14.